The molecule has 16 heavy (non-hydrogen) atoms. The van der Waals surface area contributed by atoms with Gasteiger partial charge in [0.15, 0.2) is 0 Å². The zero-order chi connectivity index (χ0) is 11.5. The molecule has 0 spiro atoms. The highest BCUT2D eigenvalue weighted by molar-refractivity contribution is 5.35. The molecule has 0 saturated carbocycles. The Morgan fingerprint density at radius 2 is 2.19 bits per heavy atom. The SMILES string of the molecule is CN1CCC[C@H](CN)[C@H]1c1ccccc1O. The van der Waals surface area contributed by atoms with Crippen molar-refractivity contribution in [3.05, 3.63) is 29.8 Å². The third kappa shape index (κ3) is 2.06. The Labute approximate surface area is 96.9 Å². The average molecular weight is 220 g/mol. The Morgan fingerprint density at radius 1 is 1.44 bits per heavy atom. The fraction of sp³-hybridized carbons (Fsp3) is 0.538. The highest BCUT2D eigenvalue weighted by Crippen LogP contribution is 2.37. The lowest BCUT2D eigenvalue weighted by Crippen LogP contribution is -2.39. The van der Waals surface area contributed by atoms with Gasteiger partial charge in [-0.05, 0) is 45.0 Å². The second kappa shape index (κ2) is 4.85. The lowest BCUT2D eigenvalue weighted by atomic mass is 9.84. The predicted molar refractivity (Wildman–Crippen MR) is 65.3 cm³/mol. The third-order valence-corrected chi connectivity index (χ3v) is 3.57. The molecule has 0 bridgehead atoms. The molecule has 1 aliphatic rings. The molecule has 1 fully saturated rings. The van der Waals surface area contributed by atoms with Crippen LogP contribution in [0.1, 0.15) is 24.4 Å². The first kappa shape index (κ1) is 11.4. The summed E-state index contributed by atoms with van der Waals surface area (Å²) >= 11 is 0. The molecule has 1 heterocycles. The first-order chi connectivity index (χ1) is 7.74. The molecule has 2 rings (SSSR count). The van der Waals surface area contributed by atoms with Gasteiger partial charge in [0.2, 0.25) is 0 Å². The number of rotatable bonds is 2. The summed E-state index contributed by atoms with van der Waals surface area (Å²) in [5, 5.41) is 9.93. The van der Waals surface area contributed by atoms with Crippen LogP contribution in [-0.4, -0.2) is 30.1 Å². The molecule has 1 aromatic rings. The minimum absolute atomic E-state index is 0.264. The van der Waals surface area contributed by atoms with Crippen molar-refractivity contribution in [3.8, 4) is 5.75 Å². The van der Waals surface area contributed by atoms with Gasteiger partial charge in [-0.15, -0.1) is 0 Å². The van der Waals surface area contributed by atoms with Gasteiger partial charge in [-0.2, -0.15) is 0 Å². The zero-order valence-corrected chi connectivity index (χ0v) is 9.76. The van der Waals surface area contributed by atoms with Gasteiger partial charge < -0.3 is 10.8 Å². The number of nitrogens with two attached hydrogens (primary N) is 1. The Morgan fingerprint density at radius 3 is 2.88 bits per heavy atom. The largest absolute Gasteiger partial charge is 0.508 e. The van der Waals surface area contributed by atoms with E-state index < -0.39 is 0 Å². The van der Waals surface area contributed by atoms with E-state index in [0.717, 1.165) is 18.5 Å². The summed E-state index contributed by atoms with van der Waals surface area (Å²) in [5.74, 6) is 0.840. The highest BCUT2D eigenvalue weighted by Gasteiger charge is 2.30. The summed E-state index contributed by atoms with van der Waals surface area (Å²) in [6.45, 7) is 1.76. The van der Waals surface area contributed by atoms with Gasteiger partial charge in [0.1, 0.15) is 5.75 Å². The highest BCUT2D eigenvalue weighted by atomic mass is 16.3. The molecular formula is C13H20N2O. The summed E-state index contributed by atoms with van der Waals surface area (Å²) < 4.78 is 0. The minimum atomic E-state index is 0.264. The molecule has 3 N–H and O–H groups in total. The van der Waals surface area contributed by atoms with Crippen molar-refractivity contribution in [2.24, 2.45) is 11.7 Å². The number of hydrogen-bond donors (Lipinski definition) is 2. The van der Waals surface area contributed by atoms with Crippen LogP contribution in [0.15, 0.2) is 24.3 Å². The molecule has 0 unspecified atom stereocenters. The van der Waals surface area contributed by atoms with Crippen molar-refractivity contribution in [1.29, 1.82) is 0 Å². The quantitative estimate of drug-likeness (QED) is 0.798. The Bertz CT molecular complexity index is 354. The monoisotopic (exact) mass is 220 g/mol. The Balaban J connectivity index is 2.32. The molecule has 0 amide bonds. The lowest BCUT2D eigenvalue weighted by Gasteiger charge is -2.39. The van der Waals surface area contributed by atoms with Gasteiger partial charge in [0.05, 0.1) is 0 Å². The number of piperidine rings is 1. The molecule has 1 aromatic carbocycles. The van der Waals surface area contributed by atoms with Gasteiger partial charge in [0, 0.05) is 11.6 Å². The van der Waals surface area contributed by atoms with Crippen LogP contribution >= 0.6 is 0 Å². The summed E-state index contributed by atoms with van der Waals surface area (Å²) in [7, 11) is 2.11. The Hall–Kier alpha value is -1.06. The van der Waals surface area contributed by atoms with Crippen LogP contribution in [0.4, 0.5) is 0 Å². The van der Waals surface area contributed by atoms with Crippen molar-refractivity contribution < 1.29 is 5.11 Å². The molecule has 0 radical (unpaired) electrons. The molecule has 2 atom stereocenters. The first-order valence-corrected chi connectivity index (χ1v) is 5.92. The molecule has 1 aliphatic heterocycles. The number of phenols is 1. The molecule has 1 saturated heterocycles. The fourth-order valence-electron chi connectivity index (χ4n) is 2.74. The zero-order valence-electron chi connectivity index (χ0n) is 9.76. The van der Waals surface area contributed by atoms with E-state index in [0.29, 0.717) is 18.2 Å². The molecule has 0 aromatic heterocycles. The van der Waals surface area contributed by atoms with Crippen LogP contribution in [0.2, 0.25) is 0 Å². The molecule has 88 valence electrons. The van der Waals surface area contributed by atoms with Gasteiger partial charge in [-0.25, -0.2) is 0 Å². The van der Waals surface area contributed by atoms with Crippen molar-refractivity contribution in [2.75, 3.05) is 20.1 Å². The number of likely N-dealkylation sites (tertiary alicyclic amines) is 1. The normalized spacial score (nSPS) is 26.9. The third-order valence-electron chi connectivity index (χ3n) is 3.57. The van der Waals surface area contributed by atoms with Crippen LogP contribution in [-0.2, 0) is 0 Å². The number of para-hydroxylation sites is 1. The molecule has 0 aliphatic carbocycles. The van der Waals surface area contributed by atoms with E-state index in [1.165, 1.54) is 6.42 Å². The summed E-state index contributed by atoms with van der Waals surface area (Å²) in [6.07, 6.45) is 2.35. The van der Waals surface area contributed by atoms with Crippen molar-refractivity contribution >= 4 is 0 Å². The van der Waals surface area contributed by atoms with E-state index in [1.807, 2.05) is 18.2 Å². The van der Waals surface area contributed by atoms with Crippen LogP contribution in [0.25, 0.3) is 0 Å². The number of phenolic OH excluding ortho intramolecular Hbond substituents is 1. The van der Waals surface area contributed by atoms with Gasteiger partial charge in [-0.3, -0.25) is 4.90 Å². The fourth-order valence-corrected chi connectivity index (χ4v) is 2.74. The molecular weight excluding hydrogens is 200 g/mol. The maximum Gasteiger partial charge on any atom is 0.120 e. The number of benzene rings is 1. The standard InChI is InChI=1S/C13H20N2O/c1-15-8-4-5-10(9-14)13(15)11-6-2-3-7-12(11)16/h2-3,6-7,10,13,16H,4-5,8-9,14H2,1H3/t10-,13+/m1/s1. The van der Waals surface area contributed by atoms with E-state index in [4.69, 9.17) is 5.73 Å². The topological polar surface area (TPSA) is 49.5 Å². The van der Waals surface area contributed by atoms with E-state index in [-0.39, 0.29) is 6.04 Å². The second-order valence-electron chi connectivity index (χ2n) is 4.62. The van der Waals surface area contributed by atoms with Crippen molar-refractivity contribution in [3.63, 3.8) is 0 Å². The van der Waals surface area contributed by atoms with E-state index >= 15 is 0 Å². The number of nitrogens with zero attached hydrogens (tertiary/aromatic N) is 1. The average Bonchev–Trinajstić information content (AvgIpc) is 2.30. The second-order valence-corrected chi connectivity index (χ2v) is 4.62. The maximum absolute atomic E-state index is 9.93. The molecule has 3 nitrogen and oxygen atoms in total. The maximum atomic E-state index is 9.93. The smallest absolute Gasteiger partial charge is 0.120 e. The van der Waals surface area contributed by atoms with Crippen molar-refractivity contribution in [1.82, 2.24) is 4.90 Å². The number of hydrogen-bond acceptors (Lipinski definition) is 3. The van der Waals surface area contributed by atoms with Crippen LogP contribution in [0.3, 0.4) is 0 Å². The van der Waals surface area contributed by atoms with Crippen LogP contribution < -0.4 is 5.73 Å². The van der Waals surface area contributed by atoms with Crippen LogP contribution in [0.5, 0.6) is 5.75 Å². The Kier molecular flexibility index (Phi) is 3.46. The molecule has 3 heteroatoms. The van der Waals surface area contributed by atoms with Crippen molar-refractivity contribution in [2.45, 2.75) is 18.9 Å². The van der Waals surface area contributed by atoms with E-state index in [9.17, 15) is 5.11 Å². The van der Waals surface area contributed by atoms with Crippen LogP contribution in [0, 0.1) is 5.92 Å². The first-order valence-electron chi connectivity index (χ1n) is 5.92. The summed E-state index contributed by atoms with van der Waals surface area (Å²) in [4.78, 5) is 2.30. The minimum Gasteiger partial charge on any atom is -0.508 e. The van der Waals surface area contributed by atoms with Gasteiger partial charge in [0.25, 0.3) is 0 Å². The van der Waals surface area contributed by atoms with Gasteiger partial charge in [-0.1, -0.05) is 18.2 Å². The summed E-state index contributed by atoms with van der Waals surface area (Å²) in [6, 6.07) is 7.86. The van der Waals surface area contributed by atoms with E-state index in [2.05, 4.69) is 11.9 Å². The van der Waals surface area contributed by atoms with E-state index in [1.54, 1.807) is 6.07 Å². The summed E-state index contributed by atoms with van der Waals surface area (Å²) in [5.41, 5.74) is 6.85. The van der Waals surface area contributed by atoms with Gasteiger partial charge >= 0.3 is 0 Å². The number of aromatic hydroxyl groups is 1. The predicted octanol–water partition coefficient (Wildman–Crippen LogP) is 1.73. The lowest BCUT2D eigenvalue weighted by molar-refractivity contribution is 0.123.